The van der Waals surface area contributed by atoms with Crippen molar-refractivity contribution in [3.63, 3.8) is 0 Å². The number of hydrogen-bond donors (Lipinski definition) is 1. The standard InChI is InChI=1S/C13H16F3N3OS/c1-7-9(5-6-20-7)19(2)12-8(11(17)21)3-4-10(18-12)13(14,15)16/h3-4,7,9H,5-6H2,1-2H3,(H2,17,21). The third-order valence-corrected chi connectivity index (χ3v) is 3.82. The van der Waals surface area contributed by atoms with E-state index >= 15 is 0 Å². The number of nitrogens with zero attached hydrogens (tertiary/aromatic N) is 2. The lowest BCUT2D eigenvalue weighted by atomic mass is 10.1. The van der Waals surface area contributed by atoms with Crippen molar-refractivity contribution in [1.82, 2.24) is 4.98 Å². The van der Waals surface area contributed by atoms with Gasteiger partial charge in [-0.2, -0.15) is 13.2 Å². The Morgan fingerprint density at radius 3 is 2.62 bits per heavy atom. The normalized spacial score (nSPS) is 22.3. The number of nitrogens with two attached hydrogens (primary N) is 1. The van der Waals surface area contributed by atoms with E-state index in [2.05, 4.69) is 4.98 Å². The van der Waals surface area contributed by atoms with Crippen molar-refractivity contribution in [1.29, 1.82) is 0 Å². The monoisotopic (exact) mass is 319 g/mol. The van der Waals surface area contributed by atoms with Gasteiger partial charge in [0, 0.05) is 13.7 Å². The summed E-state index contributed by atoms with van der Waals surface area (Å²) in [6, 6.07) is 2.10. The fraction of sp³-hybridized carbons (Fsp3) is 0.538. The average molecular weight is 319 g/mol. The van der Waals surface area contributed by atoms with Gasteiger partial charge in [-0.05, 0) is 25.5 Å². The molecule has 0 bridgehead atoms. The summed E-state index contributed by atoms with van der Waals surface area (Å²) in [4.78, 5) is 5.41. The van der Waals surface area contributed by atoms with E-state index in [1.54, 1.807) is 11.9 Å². The van der Waals surface area contributed by atoms with Crippen LogP contribution in [0.4, 0.5) is 19.0 Å². The first-order valence-corrected chi connectivity index (χ1v) is 6.85. The van der Waals surface area contributed by atoms with Crippen molar-refractivity contribution in [2.24, 2.45) is 5.73 Å². The van der Waals surface area contributed by atoms with Crippen LogP contribution in [-0.2, 0) is 10.9 Å². The van der Waals surface area contributed by atoms with Crippen molar-refractivity contribution in [3.05, 3.63) is 23.4 Å². The van der Waals surface area contributed by atoms with E-state index < -0.39 is 11.9 Å². The highest BCUT2D eigenvalue weighted by Gasteiger charge is 2.35. The Balaban J connectivity index is 2.45. The van der Waals surface area contributed by atoms with Crippen LogP contribution in [0.25, 0.3) is 0 Å². The number of pyridine rings is 1. The molecule has 2 N–H and O–H groups in total. The van der Waals surface area contributed by atoms with Crippen molar-refractivity contribution in [3.8, 4) is 0 Å². The predicted molar refractivity (Wildman–Crippen MR) is 77.3 cm³/mol. The smallest absolute Gasteiger partial charge is 0.389 e. The van der Waals surface area contributed by atoms with E-state index in [9.17, 15) is 13.2 Å². The van der Waals surface area contributed by atoms with Crippen LogP contribution in [0.5, 0.6) is 0 Å². The van der Waals surface area contributed by atoms with Crippen molar-refractivity contribution < 1.29 is 17.9 Å². The largest absolute Gasteiger partial charge is 0.433 e. The summed E-state index contributed by atoms with van der Waals surface area (Å²) in [5.41, 5.74) is 4.97. The van der Waals surface area contributed by atoms with Gasteiger partial charge in [0.2, 0.25) is 0 Å². The highest BCUT2D eigenvalue weighted by Crippen LogP contribution is 2.32. The molecule has 21 heavy (non-hydrogen) atoms. The van der Waals surface area contributed by atoms with Gasteiger partial charge in [0.15, 0.2) is 0 Å². The number of rotatable bonds is 3. The number of ether oxygens (including phenoxy) is 1. The molecule has 0 aromatic carbocycles. The topological polar surface area (TPSA) is 51.4 Å². The molecule has 2 unspecified atom stereocenters. The predicted octanol–water partition coefficient (Wildman–Crippen LogP) is 2.35. The first-order valence-electron chi connectivity index (χ1n) is 6.44. The van der Waals surface area contributed by atoms with Gasteiger partial charge >= 0.3 is 6.18 Å². The molecule has 0 amide bonds. The lowest BCUT2D eigenvalue weighted by Crippen LogP contribution is -2.38. The van der Waals surface area contributed by atoms with Gasteiger partial charge in [-0.15, -0.1) is 0 Å². The zero-order chi connectivity index (χ0) is 15.8. The van der Waals surface area contributed by atoms with Gasteiger partial charge in [0.25, 0.3) is 0 Å². The number of anilines is 1. The number of thiocarbonyl (C=S) groups is 1. The van der Waals surface area contributed by atoms with Crippen molar-refractivity contribution in [2.75, 3.05) is 18.6 Å². The summed E-state index contributed by atoms with van der Waals surface area (Å²) in [6.07, 6.45) is -3.89. The summed E-state index contributed by atoms with van der Waals surface area (Å²) in [6.45, 7) is 2.44. The van der Waals surface area contributed by atoms with E-state index in [0.717, 1.165) is 6.07 Å². The number of hydrogen-bond acceptors (Lipinski definition) is 4. The van der Waals surface area contributed by atoms with E-state index in [0.29, 0.717) is 18.6 Å². The lowest BCUT2D eigenvalue weighted by Gasteiger charge is -2.29. The molecular formula is C13H16F3N3OS. The van der Waals surface area contributed by atoms with Gasteiger partial charge in [0.05, 0.1) is 17.7 Å². The Bertz CT molecular complexity index is 550. The SMILES string of the molecule is CC1OCCC1N(C)c1nc(C(F)(F)F)ccc1C(N)=S. The highest BCUT2D eigenvalue weighted by atomic mass is 32.1. The maximum Gasteiger partial charge on any atom is 0.433 e. The maximum atomic E-state index is 12.8. The fourth-order valence-corrected chi connectivity index (χ4v) is 2.61. The van der Waals surface area contributed by atoms with Gasteiger partial charge < -0.3 is 15.4 Å². The Kier molecular flexibility index (Phi) is 4.38. The van der Waals surface area contributed by atoms with Crippen LogP contribution >= 0.6 is 12.2 Å². The zero-order valence-electron chi connectivity index (χ0n) is 11.6. The molecule has 1 aliphatic rings. The van der Waals surface area contributed by atoms with Crippen LogP contribution in [0.2, 0.25) is 0 Å². The third-order valence-electron chi connectivity index (χ3n) is 3.60. The minimum absolute atomic E-state index is 0.0182. The molecule has 0 radical (unpaired) electrons. The Morgan fingerprint density at radius 1 is 1.48 bits per heavy atom. The van der Waals surface area contributed by atoms with E-state index in [-0.39, 0.29) is 23.0 Å². The average Bonchev–Trinajstić information content (AvgIpc) is 2.82. The summed E-state index contributed by atoms with van der Waals surface area (Å²) >= 11 is 4.91. The summed E-state index contributed by atoms with van der Waals surface area (Å²) in [5.74, 6) is 0.139. The van der Waals surface area contributed by atoms with Crippen LogP contribution < -0.4 is 10.6 Å². The first kappa shape index (κ1) is 16.0. The Morgan fingerprint density at radius 2 is 2.14 bits per heavy atom. The summed E-state index contributed by atoms with van der Waals surface area (Å²) in [5, 5.41) is 0. The van der Waals surface area contributed by atoms with Gasteiger partial charge in [-0.25, -0.2) is 4.98 Å². The molecule has 1 fully saturated rings. The lowest BCUT2D eigenvalue weighted by molar-refractivity contribution is -0.141. The second-order valence-electron chi connectivity index (χ2n) is 4.97. The molecule has 4 nitrogen and oxygen atoms in total. The van der Waals surface area contributed by atoms with Crippen LogP contribution in [0, 0.1) is 0 Å². The van der Waals surface area contributed by atoms with Crippen LogP contribution in [0.1, 0.15) is 24.6 Å². The quantitative estimate of drug-likeness (QED) is 0.867. The van der Waals surface area contributed by atoms with Crippen LogP contribution in [0.3, 0.4) is 0 Å². The highest BCUT2D eigenvalue weighted by molar-refractivity contribution is 7.80. The Labute approximate surface area is 126 Å². The number of likely N-dealkylation sites (N-methyl/N-ethyl adjacent to an activating group) is 1. The van der Waals surface area contributed by atoms with E-state index in [4.69, 9.17) is 22.7 Å². The minimum atomic E-state index is -4.51. The summed E-state index contributed by atoms with van der Waals surface area (Å²) < 4.78 is 44.0. The zero-order valence-corrected chi connectivity index (χ0v) is 12.5. The van der Waals surface area contributed by atoms with Gasteiger partial charge in [-0.1, -0.05) is 12.2 Å². The molecule has 1 aromatic rings. The molecular weight excluding hydrogens is 303 g/mol. The maximum absolute atomic E-state index is 12.8. The molecule has 1 aromatic heterocycles. The number of aromatic nitrogens is 1. The minimum Gasteiger partial charge on any atom is -0.389 e. The van der Waals surface area contributed by atoms with Crippen LogP contribution in [-0.4, -0.2) is 35.8 Å². The molecule has 8 heteroatoms. The van der Waals surface area contributed by atoms with Gasteiger partial charge in [0.1, 0.15) is 16.5 Å². The Hall–Kier alpha value is -1.41. The summed E-state index contributed by atoms with van der Waals surface area (Å²) in [7, 11) is 1.68. The second-order valence-corrected chi connectivity index (χ2v) is 5.41. The number of halogens is 3. The molecule has 1 saturated heterocycles. The number of alkyl halides is 3. The van der Waals surface area contributed by atoms with E-state index in [1.165, 1.54) is 6.07 Å². The molecule has 0 saturated carbocycles. The molecule has 2 rings (SSSR count). The second kappa shape index (κ2) is 5.76. The van der Waals surface area contributed by atoms with Gasteiger partial charge in [-0.3, -0.25) is 0 Å². The first-order chi connectivity index (χ1) is 9.71. The third kappa shape index (κ3) is 3.26. The van der Waals surface area contributed by atoms with Crippen LogP contribution in [0.15, 0.2) is 12.1 Å². The molecule has 1 aliphatic heterocycles. The van der Waals surface area contributed by atoms with E-state index in [1.807, 2.05) is 6.92 Å². The molecule has 0 spiro atoms. The molecule has 116 valence electrons. The molecule has 0 aliphatic carbocycles. The molecule has 2 heterocycles. The fourth-order valence-electron chi connectivity index (χ4n) is 2.45. The molecule has 2 atom stereocenters. The van der Waals surface area contributed by atoms with Crippen molar-refractivity contribution >= 4 is 23.0 Å². The van der Waals surface area contributed by atoms with Crippen molar-refractivity contribution in [2.45, 2.75) is 31.7 Å².